The van der Waals surface area contributed by atoms with Crippen molar-refractivity contribution in [1.82, 2.24) is 5.43 Å². The molecule has 1 amide bonds. The second-order valence-electron chi connectivity index (χ2n) is 3.60. The number of amides is 1. The van der Waals surface area contributed by atoms with Crippen LogP contribution in [-0.2, 0) is 4.79 Å². The van der Waals surface area contributed by atoms with E-state index < -0.39 is 0 Å². The van der Waals surface area contributed by atoms with Crippen molar-refractivity contribution in [2.45, 2.75) is 12.8 Å². The molecule has 1 saturated carbocycles. The van der Waals surface area contributed by atoms with E-state index in [9.17, 15) is 4.79 Å². The van der Waals surface area contributed by atoms with Crippen molar-refractivity contribution in [2.24, 2.45) is 11.0 Å². The number of phenolic OH excluding ortho intramolecular Hbond substituents is 1. The van der Waals surface area contributed by atoms with Gasteiger partial charge in [0.1, 0.15) is 5.75 Å². The molecule has 0 saturated heterocycles. The highest BCUT2D eigenvalue weighted by Crippen LogP contribution is 2.28. The number of hydrogen-bond donors (Lipinski definition) is 2. The van der Waals surface area contributed by atoms with Crippen LogP contribution in [0.1, 0.15) is 18.4 Å². The van der Waals surface area contributed by atoms with E-state index in [0.29, 0.717) is 0 Å². The lowest BCUT2D eigenvalue weighted by molar-refractivity contribution is -0.122. The summed E-state index contributed by atoms with van der Waals surface area (Å²) in [5, 5.41) is 12.9. The molecule has 1 fully saturated rings. The van der Waals surface area contributed by atoms with Gasteiger partial charge in [0.25, 0.3) is 0 Å². The summed E-state index contributed by atoms with van der Waals surface area (Å²) in [5.74, 6) is 0.376. The van der Waals surface area contributed by atoms with Crippen LogP contribution in [0.5, 0.6) is 5.75 Å². The Hall–Kier alpha value is -1.84. The number of hydrogen-bond acceptors (Lipinski definition) is 3. The van der Waals surface area contributed by atoms with Crippen LogP contribution >= 0.6 is 0 Å². The molecule has 0 unspecified atom stereocenters. The minimum Gasteiger partial charge on any atom is -0.508 e. The smallest absolute Gasteiger partial charge is 0.243 e. The molecule has 0 atom stereocenters. The van der Waals surface area contributed by atoms with Gasteiger partial charge in [-0.1, -0.05) is 0 Å². The molecule has 1 aliphatic carbocycles. The predicted octanol–water partition coefficient (Wildman–Crippen LogP) is 1.25. The largest absolute Gasteiger partial charge is 0.508 e. The third-order valence-corrected chi connectivity index (χ3v) is 2.23. The molecule has 0 bridgehead atoms. The second kappa shape index (κ2) is 4.13. The van der Waals surface area contributed by atoms with Gasteiger partial charge in [-0.25, -0.2) is 5.43 Å². The monoisotopic (exact) mass is 204 g/mol. The van der Waals surface area contributed by atoms with Crippen LogP contribution in [0.2, 0.25) is 0 Å². The lowest BCUT2D eigenvalue weighted by Gasteiger charge is -1.96. The molecule has 2 rings (SSSR count). The third kappa shape index (κ3) is 2.80. The first-order valence-corrected chi connectivity index (χ1v) is 4.87. The van der Waals surface area contributed by atoms with E-state index in [1.54, 1.807) is 30.5 Å². The summed E-state index contributed by atoms with van der Waals surface area (Å²) in [6.45, 7) is 0. The fourth-order valence-electron chi connectivity index (χ4n) is 1.17. The Balaban J connectivity index is 1.87. The Morgan fingerprint density at radius 1 is 1.40 bits per heavy atom. The van der Waals surface area contributed by atoms with Gasteiger partial charge in [-0.05, 0) is 42.7 Å². The van der Waals surface area contributed by atoms with Gasteiger partial charge in [0, 0.05) is 5.92 Å². The van der Waals surface area contributed by atoms with Crippen LogP contribution in [0.25, 0.3) is 0 Å². The Kier molecular flexibility index (Phi) is 2.67. The number of aromatic hydroxyl groups is 1. The van der Waals surface area contributed by atoms with Crippen LogP contribution in [0, 0.1) is 5.92 Å². The maximum Gasteiger partial charge on any atom is 0.243 e. The van der Waals surface area contributed by atoms with E-state index in [4.69, 9.17) is 5.11 Å². The van der Waals surface area contributed by atoms with Gasteiger partial charge in [-0.3, -0.25) is 4.79 Å². The molecule has 15 heavy (non-hydrogen) atoms. The van der Waals surface area contributed by atoms with Gasteiger partial charge in [0.2, 0.25) is 5.91 Å². The molecule has 1 aromatic carbocycles. The molecule has 0 radical (unpaired) electrons. The van der Waals surface area contributed by atoms with Crippen LogP contribution in [0.4, 0.5) is 0 Å². The molecule has 0 aliphatic heterocycles. The first kappa shape index (κ1) is 9.71. The van der Waals surface area contributed by atoms with E-state index >= 15 is 0 Å². The van der Waals surface area contributed by atoms with Gasteiger partial charge < -0.3 is 5.11 Å². The number of nitrogens with one attached hydrogen (secondary N) is 1. The maximum atomic E-state index is 11.2. The van der Waals surface area contributed by atoms with Gasteiger partial charge >= 0.3 is 0 Å². The van der Waals surface area contributed by atoms with E-state index in [1.807, 2.05) is 0 Å². The first-order valence-electron chi connectivity index (χ1n) is 4.87. The van der Waals surface area contributed by atoms with Crippen LogP contribution < -0.4 is 5.43 Å². The Labute approximate surface area is 87.6 Å². The molecule has 4 nitrogen and oxygen atoms in total. The third-order valence-electron chi connectivity index (χ3n) is 2.23. The fraction of sp³-hybridized carbons (Fsp3) is 0.273. The van der Waals surface area contributed by atoms with Gasteiger partial charge in [0.05, 0.1) is 6.21 Å². The van der Waals surface area contributed by atoms with E-state index in [1.165, 1.54) is 0 Å². The second-order valence-corrected chi connectivity index (χ2v) is 3.60. The van der Waals surface area contributed by atoms with Crippen molar-refractivity contribution < 1.29 is 9.90 Å². The summed E-state index contributed by atoms with van der Waals surface area (Å²) < 4.78 is 0. The maximum absolute atomic E-state index is 11.2. The standard InChI is InChI=1S/C11H12N2O2/c14-10-5-1-8(2-6-10)7-12-13-11(15)9-3-4-9/h1-2,5-7,9,14H,3-4H2,(H,13,15)/b12-7-. The normalized spacial score (nSPS) is 15.5. The van der Waals surface area contributed by atoms with Crippen molar-refractivity contribution in [1.29, 1.82) is 0 Å². The van der Waals surface area contributed by atoms with Gasteiger partial charge in [-0.2, -0.15) is 5.10 Å². The predicted molar refractivity (Wildman–Crippen MR) is 56.6 cm³/mol. The number of nitrogens with zero attached hydrogens (tertiary/aromatic N) is 1. The molecule has 4 heteroatoms. The highest BCUT2D eigenvalue weighted by molar-refractivity contribution is 5.84. The quantitative estimate of drug-likeness (QED) is 0.575. The summed E-state index contributed by atoms with van der Waals surface area (Å²) in [6.07, 6.45) is 3.50. The van der Waals surface area contributed by atoms with Crippen LogP contribution in [0.3, 0.4) is 0 Å². The average Bonchev–Trinajstić information content (AvgIpc) is 3.04. The fourth-order valence-corrected chi connectivity index (χ4v) is 1.17. The Bertz CT molecular complexity index is 380. The van der Waals surface area contributed by atoms with Crippen LogP contribution in [-0.4, -0.2) is 17.2 Å². The summed E-state index contributed by atoms with van der Waals surface area (Å²) in [7, 11) is 0. The number of rotatable bonds is 3. The Morgan fingerprint density at radius 3 is 2.67 bits per heavy atom. The lowest BCUT2D eigenvalue weighted by Crippen LogP contribution is -2.18. The molecule has 0 heterocycles. The first-order chi connectivity index (χ1) is 7.25. The highest BCUT2D eigenvalue weighted by atomic mass is 16.3. The summed E-state index contributed by atoms with van der Waals surface area (Å²) in [4.78, 5) is 11.2. The zero-order valence-electron chi connectivity index (χ0n) is 8.18. The SMILES string of the molecule is O=C(N/N=C\c1ccc(O)cc1)C1CC1. The molecule has 0 spiro atoms. The summed E-state index contributed by atoms with van der Waals surface area (Å²) in [5.41, 5.74) is 3.31. The van der Waals surface area contributed by atoms with E-state index in [0.717, 1.165) is 18.4 Å². The number of benzene rings is 1. The minimum atomic E-state index is -0.00923. The topological polar surface area (TPSA) is 61.7 Å². The molecule has 1 aromatic rings. The number of phenols is 1. The summed E-state index contributed by atoms with van der Waals surface area (Å²) >= 11 is 0. The van der Waals surface area contributed by atoms with Crippen LogP contribution in [0.15, 0.2) is 29.4 Å². The molecule has 0 aromatic heterocycles. The molecular formula is C11H12N2O2. The average molecular weight is 204 g/mol. The van der Waals surface area contributed by atoms with Crippen molar-refractivity contribution in [2.75, 3.05) is 0 Å². The number of hydrazone groups is 1. The summed E-state index contributed by atoms with van der Waals surface area (Å²) in [6, 6.07) is 6.60. The zero-order valence-corrected chi connectivity index (χ0v) is 8.18. The van der Waals surface area contributed by atoms with Crippen molar-refractivity contribution in [3.63, 3.8) is 0 Å². The van der Waals surface area contributed by atoms with E-state index in [2.05, 4.69) is 10.5 Å². The molecule has 78 valence electrons. The van der Waals surface area contributed by atoms with Crippen molar-refractivity contribution >= 4 is 12.1 Å². The van der Waals surface area contributed by atoms with Gasteiger partial charge in [0.15, 0.2) is 0 Å². The zero-order chi connectivity index (χ0) is 10.7. The molecule has 1 aliphatic rings. The number of carbonyl (C=O) groups excluding carboxylic acids is 1. The van der Waals surface area contributed by atoms with E-state index in [-0.39, 0.29) is 17.6 Å². The minimum absolute atomic E-state index is 0.00923. The molecular weight excluding hydrogens is 192 g/mol. The van der Waals surface area contributed by atoms with Gasteiger partial charge in [-0.15, -0.1) is 0 Å². The molecule has 2 N–H and O–H groups in total. The Morgan fingerprint density at radius 2 is 2.07 bits per heavy atom. The van der Waals surface area contributed by atoms with Crippen molar-refractivity contribution in [3.05, 3.63) is 29.8 Å². The lowest BCUT2D eigenvalue weighted by atomic mass is 10.2. The highest BCUT2D eigenvalue weighted by Gasteiger charge is 2.29. The van der Waals surface area contributed by atoms with Crippen molar-refractivity contribution in [3.8, 4) is 5.75 Å². The number of carbonyl (C=O) groups is 1.